The van der Waals surface area contributed by atoms with Crippen LogP contribution in [0.4, 0.5) is 11.9 Å². The van der Waals surface area contributed by atoms with Crippen molar-refractivity contribution in [1.29, 1.82) is 5.26 Å². The fourth-order valence-corrected chi connectivity index (χ4v) is 1.91. The van der Waals surface area contributed by atoms with E-state index in [2.05, 4.69) is 26.0 Å². The molecule has 0 radical (unpaired) electrons. The van der Waals surface area contributed by atoms with E-state index in [1.165, 1.54) is 0 Å². The monoisotopic (exact) mass is 272 g/mol. The standard InChI is InChI=1S/C11H12N8O/c12-5-8-6-18(3-4-20-8)10-15-9(13)16-11(17-10)19-2-1-14-7-19/h1-2,7-8H,3-4,6H2,(H2,13,15,16,17). The Hall–Kier alpha value is -2.73. The first-order valence-corrected chi connectivity index (χ1v) is 6.02. The Morgan fingerprint density at radius 2 is 2.20 bits per heavy atom. The van der Waals surface area contributed by atoms with E-state index in [1.54, 1.807) is 23.3 Å². The molecule has 2 aromatic heterocycles. The maximum absolute atomic E-state index is 8.92. The van der Waals surface area contributed by atoms with Crippen molar-refractivity contribution in [2.75, 3.05) is 30.3 Å². The van der Waals surface area contributed by atoms with Gasteiger partial charge in [-0.2, -0.15) is 20.2 Å². The summed E-state index contributed by atoms with van der Waals surface area (Å²) >= 11 is 0. The first-order chi connectivity index (χ1) is 9.76. The van der Waals surface area contributed by atoms with Gasteiger partial charge in [0.2, 0.25) is 17.8 Å². The maximum atomic E-state index is 8.92. The Morgan fingerprint density at radius 3 is 2.95 bits per heavy atom. The van der Waals surface area contributed by atoms with Gasteiger partial charge in [-0.15, -0.1) is 0 Å². The lowest BCUT2D eigenvalue weighted by atomic mass is 10.3. The molecule has 1 unspecified atom stereocenters. The average Bonchev–Trinajstić information content (AvgIpc) is 3.01. The molecule has 0 aromatic carbocycles. The van der Waals surface area contributed by atoms with E-state index in [-0.39, 0.29) is 5.95 Å². The molecular formula is C11H12N8O. The quantitative estimate of drug-likeness (QED) is 0.767. The first-order valence-electron chi connectivity index (χ1n) is 6.02. The number of hydrogen-bond acceptors (Lipinski definition) is 8. The summed E-state index contributed by atoms with van der Waals surface area (Å²) in [5.74, 6) is 0.952. The lowest BCUT2D eigenvalue weighted by Crippen LogP contribution is -2.42. The number of hydrogen-bond donors (Lipinski definition) is 1. The molecule has 2 N–H and O–H groups in total. The number of ether oxygens (including phenoxy) is 1. The van der Waals surface area contributed by atoms with Crippen LogP contribution in [0.5, 0.6) is 0 Å². The van der Waals surface area contributed by atoms with Crippen molar-refractivity contribution in [3.8, 4) is 12.0 Å². The number of nitrogens with two attached hydrogens (primary N) is 1. The fraction of sp³-hybridized carbons (Fsp3) is 0.364. The molecule has 1 aliphatic heterocycles. The highest BCUT2D eigenvalue weighted by Gasteiger charge is 2.23. The largest absolute Gasteiger partial charge is 0.368 e. The lowest BCUT2D eigenvalue weighted by molar-refractivity contribution is 0.0758. The molecule has 1 atom stereocenters. The topological polar surface area (TPSA) is 119 Å². The SMILES string of the molecule is N#CC1CN(c2nc(N)nc(-n3ccnc3)n2)CCO1. The second kappa shape index (κ2) is 5.10. The molecule has 1 saturated heterocycles. The van der Waals surface area contributed by atoms with Gasteiger partial charge in [-0.25, -0.2) is 4.98 Å². The van der Waals surface area contributed by atoms with Gasteiger partial charge in [0.15, 0.2) is 6.10 Å². The fourth-order valence-electron chi connectivity index (χ4n) is 1.91. The molecule has 1 fully saturated rings. The van der Waals surface area contributed by atoms with Crippen LogP contribution in [-0.4, -0.2) is 50.3 Å². The third-order valence-corrected chi connectivity index (χ3v) is 2.86. The Balaban J connectivity index is 1.92. The van der Waals surface area contributed by atoms with Crippen LogP contribution in [0, 0.1) is 11.3 Å². The summed E-state index contributed by atoms with van der Waals surface area (Å²) < 4.78 is 6.93. The maximum Gasteiger partial charge on any atom is 0.241 e. The van der Waals surface area contributed by atoms with Gasteiger partial charge in [0.25, 0.3) is 0 Å². The van der Waals surface area contributed by atoms with Crippen molar-refractivity contribution in [3.05, 3.63) is 18.7 Å². The molecule has 3 heterocycles. The summed E-state index contributed by atoms with van der Waals surface area (Å²) in [7, 11) is 0. The van der Waals surface area contributed by atoms with Crippen LogP contribution in [0.1, 0.15) is 0 Å². The van der Waals surface area contributed by atoms with Gasteiger partial charge >= 0.3 is 0 Å². The molecule has 20 heavy (non-hydrogen) atoms. The summed E-state index contributed by atoms with van der Waals surface area (Å²) in [6, 6.07) is 2.08. The van der Waals surface area contributed by atoms with Gasteiger partial charge in [-0.1, -0.05) is 0 Å². The number of imidazole rings is 1. The van der Waals surface area contributed by atoms with E-state index in [4.69, 9.17) is 15.7 Å². The minimum absolute atomic E-state index is 0.124. The van der Waals surface area contributed by atoms with Gasteiger partial charge in [-0.3, -0.25) is 4.57 Å². The minimum atomic E-state index is -0.488. The Labute approximate surface area is 114 Å². The third kappa shape index (κ3) is 2.36. The van der Waals surface area contributed by atoms with Crippen molar-refractivity contribution in [2.45, 2.75) is 6.10 Å². The van der Waals surface area contributed by atoms with Crippen molar-refractivity contribution in [3.63, 3.8) is 0 Å². The highest BCUT2D eigenvalue weighted by molar-refractivity contribution is 5.38. The van der Waals surface area contributed by atoms with Gasteiger partial charge in [0.05, 0.1) is 19.2 Å². The van der Waals surface area contributed by atoms with Crippen molar-refractivity contribution in [1.82, 2.24) is 24.5 Å². The van der Waals surface area contributed by atoms with Crippen molar-refractivity contribution in [2.24, 2.45) is 0 Å². The first kappa shape index (κ1) is 12.3. The molecule has 1 aliphatic rings. The Bertz CT molecular complexity index is 634. The third-order valence-electron chi connectivity index (χ3n) is 2.86. The number of morpholine rings is 1. The van der Waals surface area contributed by atoms with Gasteiger partial charge in [-0.05, 0) is 0 Å². The lowest BCUT2D eigenvalue weighted by Gasteiger charge is -2.29. The van der Waals surface area contributed by atoms with Gasteiger partial charge in [0, 0.05) is 18.9 Å². The zero-order valence-corrected chi connectivity index (χ0v) is 10.5. The van der Waals surface area contributed by atoms with Crippen LogP contribution in [-0.2, 0) is 4.74 Å². The Kier molecular flexibility index (Phi) is 3.14. The number of nitriles is 1. The summed E-state index contributed by atoms with van der Waals surface area (Å²) in [6.45, 7) is 1.46. The van der Waals surface area contributed by atoms with Crippen LogP contribution in [0.2, 0.25) is 0 Å². The molecule has 0 saturated carbocycles. The van der Waals surface area contributed by atoms with Crippen LogP contribution in [0.15, 0.2) is 18.7 Å². The zero-order chi connectivity index (χ0) is 13.9. The van der Waals surface area contributed by atoms with Crippen LogP contribution in [0.25, 0.3) is 5.95 Å². The smallest absolute Gasteiger partial charge is 0.241 e. The molecule has 2 aromatic rings. The molecule has 0 aliphatic carbocycles. The summed E-state index contributed by atoms with van der Waals surface area (Å²) in [4.78, 5) is 18.3. The predicted octanol–water partition coefficient (Wildman–Crippen LogP) is -0.632. The van der Waals surface area contributed by atoms with Crippen LogP contribution < -0.4 is 10.6 Å². The second-order valence-corrected chi connectivity index (χ2v) is 4.20. The normalized spacial score (nSPS) is 18.8. The minimum Gasteiger partial charge on any atom is -0.368 e. The van der Waals surface area contributed by atoms with E-state index < -0.39 is 6.10 Å². The second-order valence-electron chi connectivity index (χ2n) is 4.20. The number of nitrogens with zero attached hydrogens (tertiary/aromatic N) is 7. The van der Waals surface area contributed by atoms with E-state index in [0.717, 1.165) is 0 Å². The summed E-state index contributed by atoms with van der Waals surface area (Å²) in [5.41, 5.74) is 5.72. The highest BCUT2D eigenvalue weighted by atomic mass is 16.5. The molecule has 9 heteroatoms. The molecule has 9 nitrogen and oxygen atoms in total. The average molecular weight is 272 g/mol. The molecule has 102 valence electrons. The van der Waals surface area contributed by atoms with E-state index in [1.807, 2.05) is 4.90 Å². The molecule has 3 rings (SSSR count). The highest BCUT2D eigenvalue weighted by Crippen LogP contribution is 2.15. The number of nitrogen functional groups attached to an aromatic ring is 1. The number of rotatable bonds is 2. The van der Waals surface area contributed by atoms with E-state index in [0.29, 0.717) is 31.6 Å². The van der Waals surface area contributed by atoms with Gasteiger partial charge in [0.1, 0.15) is 6.33 Å². The van der Waals surface area contributed by atoms with E-state index in [9.17, 15) is 0 Å². The predicted molar refractivity (Wildman–Crippen MR) is 68.9 cm³/mol. The van der Waals surface area contributed by atoms with Crippen LogP contribution in [0.3, 0.4) is 0 Å². The summed E-state index contributed by atoms with van der Waals surface area (Å²) in [5, 5.41) is 8.92. The zero-order valence-electron chi connectivity index (χ0n) is 10.5. The molecular weight excluding hydrogens is 260 g/mol. The van der Waals surface area contributed by atoms with Crippen molar-refractivity contribution >= 4 is 11.9 Å². The number of aromatic nitrogens is 5. The summed E-state index contributed by atoms with van der Waals surface area (Å²) in [6.07, 6.45) is 4.44. The molecule has 0 amide bonds. The van der Waals surface area contributed by atoms with Gasteiger partial charge < -0.3 is 15.4 Å². The molecule has 0 bridgehead atoms. The Morgan fingerprint density at radius 1 is 1.35 bits per heavy atom. The van der Waals surface area contributed by atoms with Crippen molar-refractivity contribution < 1.29 is 4.74 Å². The van der Waals surface area contributed by atoms with Crippen LogP contribution >= 0.6 is 0 Å². The molecule has 0 spiro atoms. The van der Waals surface area contributed by atoms with E-state index >= 15 is 0 Å². The number of anilines is 2.